The smallest absolute Gasteiger partial charge is 0.352 e. The Hall–Kier alpha value is -2.66. The molecule has 4 N–H and O–H groups in total. The molecule has 2 atom stereocenters. The van der Waals surface area contributed by atoms with Crippen molar-refractivity contribution in [2.75, 3.05) is 24.3 Å². The predicted octanol–water partition coefficient (Wildman–Crippen LogP) is 0.804. The van der Waals surface area contributed by atoms with Crippen LogP contribution >= 0.6 is 23.5 Å². The number of aliphatic carboxylic acids is 1. The van der Waals surface area contributed by atoms with E-state index in [-0.39, 0.29) is 30.4 Å². The quantitative estimate of drug-likeness (QED) is 0.312. The summed E-state index contributed by atoms with van der Waals surface area (Å²) < 4.78 is 3.96. The van der Waals surface area contributed by atoms with Crippen molar-refractivity contribution in [3.63, 3.8) is 0 Å². The van der Waals surface area contributed by atoms with E-state index in [4.69, 9.17) is 10.5 Å². The van der Waals surface area contributed by atoms with E-state index < -0.39 is 28.1 Å². The van der Waals surface area contributed by atoms with Crippen LogP contribution in [0.3, 0.4) is 0 Å². The van der Waals surface area contributed by atoms with Crippen LogP contribution in [0.5, 0.6) is 0 Å². The van der Waals surface area contributed by atoms with Gasteiger partial charge < -0.3 is 20.9 Å². The molecule has 3 rings (SSSR count). The molecule has 9 nitrogen and oxygen atoms in total. The topological polar surface area (TPSA) is 139 Å². The number of nitrogen functional groups attached to an aromatic ring is 1. The number of fused-ring (bicyclic) bond motifs is 1. The molecule has 1 unspecified atom stereocenters. The van der Waals surface area contributed by atoms with Gasteiger partial charge in [0.2, 0.25) is 5.91 Å². The van der Waals surface area contributed by atoms with E-state index in [1.165, 1.54) is 35.3 Å². The molecule has 0 aromatic heterocycles. The lowest BCUT2D eigenvalue weighted by Gasteiger charge is -2.57. The molecule has 11 heteroatoms. The third kappa shape index (κ3) is 3.86. The minimum Gasteiger partial charge on any atom is -0.477 e. The number of esters is 1. The predicted molar refractivity (Wildman–Crippen MR) is 113 cm³/mol. The number of hydrogen-bond acceptors (Lipinski definition) is 8. The van der Waals surface area contributed by atoms with Crippen LogP contribution in [-0.4, -0.2) is 62.6 Å². The fraction of sp³-hybridized carbons (Fsp3) is 0.368. The highest BCUT2D eigenvalue weighted by atomic mass is 32.2. The zero-order chi connectivity index (χ0) is 22.1. The van der Waals surface area contributed by atoms with Gasteiger partial charge in [0.05, 0.1) is 6.42 Å². The summed E-state index contributed by atoms with van der Waals surface area (Å²) in [5, 5.41) is 12.4. The van der Waals surface area contributed by atoms with Crippen LogP contribution in [0.4, 0.5) is 5.69 Å². The number of para-hydroxylation sites is 1. The van der Waals surface area contributed by atoms with Gasteiger partial charge in [-0.05, 0) is 17.9 Å². The van der Waals surface area contributed by atoms with Crippen molar-refractivity contribution < 1.29 is 29.0 Å². The van der Waals surface area contributed by atoms with Crippen molar-refractivity contribution in [1.29, 1.82) is 0 Å². The molecule has 0 aliphatic carbocycles. The number of ether oxygens (including phenoxy) is 1. The van der Waals surface area contributed by atoms with E-state index in [9.17, 15) is 24.3 Å². The maximum atomic E-state index is 12.9. The molecule has 1 aromatic rings. The van der Waals surface area contributed by atoms with Crippen LogP contribution in [0.15, 0.2) is 35.5 Å². The van der Waals surface area contributed by atoms with Gasteiger partial charge in [-0.1, -0.05) is 18.2 Å². The molecule has 2 heterocycles. The number of amides is 2. The summed E-state index contributed by atoms with van der Waals surface area (Å²) in [5.41, 5.74) is 7.13. The van der Waals surface area contributed by atoms with Crippen LogP contribution in [-0.2, 0) is 30.3 Å². The number of benzene rings is 1. The zero-order valence-electron chi connectivity index (χ0n) is 16.3. The van der Waals surface area contributed by atoms with Gasteiger partial charge in [-0.25, -0.2) is 4.79 Å². The normalized spacial score (nSPS) is 22.8. The molecular formula is C19H21N3O6S2. The Morgan fingerprint density at radius 3 is 2.70 bits per heavy atom. The molecule has 0 bridgehead atoms. The van der Waals surface area contributed by atoms with Gasteiger partial charge in [-0.2, -0.15) is 0 Å². The summed E-state index contributed by atoms with van der Waals surface area (Å²) in [4.78, 5) is 49.6. The van der Waals surface area contributed by atoms with Crippen LogP contribution < -0.4 is 11.1 Å². The van der Waals surface area contributed by atoms with E-state index in [1.807, 2.05) is 0 Å². The Morgan fingerprint density at radius 1 is 1.40 bits per heavy atom. The lowest BCUT2D eigenvalue weighted by Crippen LogP contribution is -2.77. The fourth-order valence-electron chi connectivity index (χ4n) is 3.38. The summed E-state index contributed by atoms with van der Waals surface area (Å²) in [5.74, 6) is -2.49. The average molecular weight is 452 g/mol. The number of carbonyl (C=O) groups excluding carboxylic acids is 3. The molecule has 1 saturated heterocycles. The van der Waals surface area contributed by atoms with Crippen molar-refractivity contribution in [3.8, 4) is 0 Å². The maximum absolute atomic E-state index is 12.9. The van der Waals surface area contributed by atoms with Gasteiger partial charge in [0, 0.05) is 23.9 Å². The number of carboxylic acids is 1. The first-order chi connectivity index (χ1) is 14.2. The molecule has 1 fully saturated rings. The van der Waals surface area contributed by atoms with Gasteiger partial charge in [-0.3, -0.25) is 19.3 Å². The maximum Gasteiger partial charge on any atom is 0.352 e. The van der Waals surface area contributed by atoms with Crippen molar-refractivity contribution >= 4 is 53.0 Å². The minimum absolute atomic E-state index is 0.00487. The van der Waals surface area contributed by atoms with Crippen molar-refractivity contribution in [2.24, 2.45) is 0 Å². The van der Waals surface area contributed by atoms with Crippen LogP contribution in [0.25, 0.3) is 0 Å². The summed E-state index contributed by atoms with van der Waals surface area (Å²) in [6.45, 7) is 1.02. The van der Waals surface area contributed by atoms with E-state index >= 15 is 0 Å². The monoisotopic (exact) mass is 451 g/mol. The summed E-state index contributed by atoms with van der Waals surface area (Å²) >= 11 is 2.60. The fourth-order valence-corrected chi connectivity index (χ4v) is 6.02. The Kier molecular flexibility index (Phi) is 6.32. The molecule has 2 aliphatic rings. The number of carbonyl (C=O) groups is 4. The van der Waals surface area contributed by atoms with Crippen molar-refractivity contribution in [1.82, 2.24) is 10.2 Å². The Balaban J connectivity index is 1.81. The second-order valence-corrected chi connectivity index (χ2v) is 9.20. The summed E-state index contributed by atoms with van der Waals surface area (Å²) in [6, 6.07) is 6.06. The average Bonchev–Trinajstić information content (AvgIpc) is 2.70. The first-order valence-electron chi connectivity index (χ1n) is 8.96. The van der Waals surface area contributed by atoms with E-state index in [2.05, 4.69) is 5.32 Å². The second-order valence-electron chi connectivity index (χ2n) is 6.71. The first-order valence-corrected chi connectivity index (χ1v) is 11.2. The Morgan fingerprint density at radius 2 is 2.10 bits per heavy atom. The molecule has 0 spiro atoms. The van der Waals surface area contributed by atoms with E-state index in [1.54, 1.807) is 30.5 Å². The number of thioether (sulfide) groups is 2. The molecule has 2 amide bonds. The van der Waals surface area contributed by atoms with Gasteiger partial charge in [-0.15, -0.1) is 23.5 Å². The second kappa shape index (κ2) is 8.60. The third-order valence-electron chi connectivity index (χ3n) is 4.81. The molecule has 0 radical (unpaired) electrons. The highest BCUT2D eigenvalue weighted by Gasteiger charge is 2.65. The Bertz CT molecular complexity index is 950. The summed E-state index contributed by atoms with van der Waals surface area (Å²) in [7, 11) is 0. The highest BCUT2D eigenvalue weighted by Crippen LogP contribution is 2.55. The van der Waals surface area contributed by atoms with Gasteiger partial charge in [0.1, 0.15) is 12.3 Å². The number of anilines is 1. The van der Waals surface area contributed by atoms with Crippen LogP contribution in [0.1, 0.15) is 12.5 Å². The number of hydrogen-bond donors (Lipinski definition) is 3. The van der Waals surface area contributed by atoms with Gasteiger partial charge in [0.15, 0.2) is 10.2 Å². The zero-order valence-corrected chi connectivity index (χ0v) is 18.0. The molecule has 160 valence electrons. The number of β-lactam (4-membered cyclic amide) rings is 1. The highest BCUT2D eigenvalue weighted by molar-refractivity contribution is 8.18. The third-order valence-corrected chi connectivity index (χ3v) is 7.99. The van der Waals surface area contributed by atoms with Crippen LogP contribution in [0, 0.1) is 0 Å². The molecule has 30 heavy (non-hydrogen) atoms. The number of nitrogens with zero attached hydrogens (tertiary/aromatic N) is 1. The van der Waals surface area contributed by atoms with Gasteiger partial charge in [0.25, 0.3) is 5.91 Å². The van der Waals surface area contributed by atoms with Crippen molar-refractivity contribution in [2.45, 2.75) is 23.6 Å². The number of nitrogens with one attached hydrogen (secondary N) is 1. The number of carboxylic acid groups (broad SMARTS) is 1. The summed E-state index contributed by atoms with van der Waals surface area (Å²) in [6.07, 6.45) is 1.75. The minimum atomic E-state index is -1.29. The lowest BCUT2D eigenvalue weighted by atomic mass is 10.0. The molecule has 2 aliphatic heterocycles. The molecule has 1 aromatic carbocycles. The Labute approximate surface area is 181 Å². The molecular weight excluding hydrogens is 430 g/mol. The number of rotatable bonds is 7. The van der Waals surface area contributed by atoms with Gasteiger partial charge >= 0.3 is 11.9 Å². The first kappa shape index (κ1) is 22.0. The number of nitrogens with two attached hydrogens (primary N) is 1. The van der Waals surface area contributed by atoms with Crippen LogP contribution in [0.2, 0.25) is 0 Å². The lowest BCUT2D eigenvalue weighted by molar-refractivity contribution is -0.152. The molecule has 0 saturated carbocycles. The standard InChI is InChI=1S/C19H21N3O6S2/c1-10(23)28-8-12-9-30-19(29-2)16(17(25)22(19)15(12)18(26)27)21-14(24)7-11-5-3-4-6-13(11)20/h3-6,16H,7-9,20H2,1-2H3,(H,21,24)(H,26,27)/t16?,19-/m1/s1. The largest absolute Gasteiger partial charge is 0.477 e. The SMILES string of the molecule is CS[C@]12SCC(COC(C)=O)=C(C(=O)O)N1C(=O)C2NC(=O)Cc1ccccc1N. The van der Waals surface area contributed by atoms with E-state index in [0.717, 1.165) is 0 Å². The van der Waals surface area contributed by atoms with E-state index in [0.29, 0.717) is 16.8 Å². The van der Waals surface area contributed by atoms with Crippen molar-refractivity contribution in [3.05, 3.63) is 41.1 Å².